The second-order valence-corrected chi connectivity index (χ2v) is 11.0. The number of hydrogen-bond donors (Lipinski definition) is 3. The first-order chi connectivity index (χ1) is 20.7. The Morgan fingerprint density at radius 3 is 2.23 bits per heavy atom. The molecule has 0 saturated heterocycles. The van der Waals surface area contributed by atoms with Gasteiger partial charge in [-0.3, -0.25) is 24.5 Å². The van der Waals surface area contributed by atoms with E-state index in [1.165, 1.54) is 36.0 Å². The summed E-state index contributed by atoms with van der Waals surface area (Å²) >= 11 is 2.19. The Morgan fingerprint density at radius 2 is 1.56 bits per heavy atom. The third kappa shape index (κ3) is 8.05. The van der Waals surface area contributed by atoms with Gasteiger partial charge in [-0.25, -0.2) is 4.79 Å². The third-order valence-corrected chi connectivity index (χ3v) is 8.12. The average Bonchev–Trinajstić information content (AvgIpc) is 3.32. The summed E-state index contributed by atoms with van der Waals surface area (Å²) in [7, 11) is 0. The molecule has 13 heteroatoms. The van der Waals surface area contributed by atoms with Crippen LogP contribution >= 0.6 is 23.1 Å². The van der Waals surface area contributed by atoms with Crippen LogP contribution in [-0.4, -0.2) is 41.0 Å². The maximum Gasteiger partial charge on any atom is 0.341 e. The fraction of sp³-hybridized carbons (Fsp3) is 0.133. The van der Waals surface area contributed by atoms with Gasteiger partial charge < -0.3 is 20.7 Å². The molecule has 4 aromatic rings. The number of para-hydroxylation sites is 1. The number of nitro groups is 1. The molecular formula is C30H26N4O7S2. The van der Waals surface area contributed by atoms with E-state index in [0.717, 1.165) is 11.3 Å². The van der Waals surface area contributed by atoms with Crippen LogP contribution in [0.3, 0.4) is 0 Å². The van der Waals surface area contributed by atoms with Crippen molar-refractivity contribution >= 4 is 68.9 Å². The van der Waals surface area contributed by atoms with Crippen molar-refractivity contribution in [3.63, 3.8) is 0 Å². The highest BCUT2D eigenvalue weighted by atomic mass is 32.2. The van der Waals surface area contributed by atoms with Crippen LogP contribution in [0.1, 0.15) is 42.9 Å². The number of carbonyl (C=O) groups is 4. The highest BCUT2D eigenvalue weighted by Crippen LogP contribution is 2.35. The summed E-state index contributed by atoms with van der Waals surface area (Å²) in [6, 6.07) is 20.9. The zero-order chi connectivity index (χ0) is 30.9. The second kappa shape index (κ2) is 14.2. The summed E-state index contributed by atoms with van der Waals surface area (Å²) in [6.45, 7) is 3.42. The van der Waals surface area contributed by atoms with Crippen molar-refractivity contribution < 1.29 is 28.8 Å². The molecule has 43 heavy (non-hydrogen) atoms. The first kappa shape index (κ1) is 30.9. The Balaban J connectivity index is 1.42. The Kier molecular flexibility index (Phi) is 10.3. The summed E-state index contributed by atoms with van der Waals surface area (Å²) < 4.78 is 5.18. The van der Waals surface area contributed by atoms with E-state index in [2.05, 4.69) is 16.0 Å². The van der Waals surface area contributed by atoms with E-state index in [-0.39, 0.29) is 39.1 Å². The lowest BCUT2D eigenvalue weighted by molar-refractivity contribution is -0.384. The standard InChI is InChI=1S/C30H26N4O7S2/c1-3-41-30(38)25-18(2)26(28(37)31-20-8-5-4-6-9-20)43-29(25)33-24(35)17-42-23-11-7-10-21(16-23)32-27(36)19-12-14-22(15-13-19)34(39)40/h4-16H,3,17H2,1-2H3,(H,31,37)(H,32,36)(H,33,35). The SMILES string of the molecule is CCOC(=O)c1c(NC(=O)CSc2cccc(NC(=O)c3ccc([N+](=O)[O-])cc3)c2)sc(C(=O)Nc2ccccc2)c1C. The van der Waals surface area contributed by atoms with Crippen molar-refractivity contribution in [3.8, 4) is 0 Å². The van der Waals surface area contributed by atoms with Gasteiger partial charge in [-0.05, 0) is 61.9 Å². The number of anilines is 3. The normalized spacial score (nSPS) is 10.5. The van der Waals surface area contributed by atoms with E-state index >= 15 is 0 Å². The summed E-state index contributed by atoms with van der Waals surface area (Å²) in [5.74, 6) is -1.94. The van der Waals surface area contributed by atoms with Crippen molar-refractivity contribution in [3.05, 3.63) is 111 Å². The van der Waals surface area contributed by atoms with Crippen molar-refractivity contribution in [2.75, 3.05) is 28.3 Å². The van der Waals surface area contributed by atoms with Gasteiger partial charge in [0.2, 0.25) is 5.91 Å². The maximum absolute atomic E-state index is 13.0. The molecule has 0 aliphatic carbocycles. The molecule has 0 radical (unpaired) electrons. The van der Waals surface area contributed by atoms with Crippen molar-refractivity contribution in [2.24, 2.45) is 0 Å². The molecule has 4 rings (SSSR count). The molecule has 0 saturated carbocycles. The highest BCUT2D eigenvalue weighted by Gasteiger charge is 2.27. The van der Waals surface area contributed by atoms with E-state index in [1.54, 1.807) is 62.4 Å². The van der Waals surface area contributed by atoms with Gasteiger partial charge >= 0.3 is 5.97 Å². The van der Waals surface area contributed by atoms with E-state index in [0.29, 0.717) is 21.8 Å². The van der Waals surface area contributed by atoms with E-state index < -0.39 is 28.6 Å². The van der Waals surface area contributed by atoms with E-state index in [9.17, 15) is 29.3 Å². The number of nitrogens with one attached hydrogen (secondary N) is 3. The lowest BCUT2D eigenvalue weighted by Gasteiger charge is -2.09. The predicted molar refractivity (Wildman–Crippen MR) is 166 cm³/mol. The number of thiophene rings is 1. The van der Waals surface area contributed by atoms with Gasteiger partial charge in [0.1, 0.15) is 5.00 Å². The van der Waals surface area contributed by atoms with Crippen LogP contribution in [-0.2, 0) is 9.53 Å². The molecule has 3 amide bonds. The number of benzene rings is 3. The summed E-state index contributed by atoms with van der Waals surface area (Å²) in [5, 5.41) is 19.3. The molecule has 0 aliphatic rings. The Hall–Kier alpha value is -5.01. The number of ether oxygens (including phenoxy) is 1. The fourth-order valence-corrected chi connectivity index (χ4v) is 5.75. The van der Waals surface area contributed by atoms with Gasteiger partial charge in [0.15, 0.2) is 0 Å². The number of nitro benzene ring substituents is 1. The molecule has 0 aliphatic heterocycles. The molecule has 0 spiro atoms. The maximum atomic E-state index is 13.0. The first-order valence-electron chi connectivity index (χ1n) is 12.9. The van der Waals surface area contributed by atoms with E-state index in [1.807, 2.05) is 6.07 Å². The van der Waals surface area contributed by atoms with Crippen molar-refractivity contribution in [1.82, 2.24) is 0 Å². The molecule has 220 valence electrons. The van der Waals surface area contributed by atoms with Crippen LogP contribution in [0.2, 0.25) is 0 Å². The molecular weight excluding hydrogens is 592 g/mol. The summed E-state index contributed by atoms with van der Waals surface area (Å²) in [6.07, 6.45) is 0. The lowest BCUT2D eigenvalue weighted by Crippen LogP contribution is -2.16. The number of rotatable bonds is 11. The molecule has 0 bridgehead atoms. The van der Waals surface area contributed by atoms with Gasteiger partial charge in [-0.15, -0.1) is 23.1 Å². The Morgan fingerprint density at radius 1 is 0.884 bits per heavy atom. The van der Waals surface area contributed by atoms with Gasteiger partial charge in [-0.1, -0.05) is 24.3 Å². The first-order valence-corrected chi connectivity index (χ1v) is 14.7. The number of esters is 1. The van der Waals surface area contributed by atoms with Crippen LogP contribution in [0.25, 0.3) is 0 Å². The predicted octanol–water partition coefficient (Wildman–Crippen LogP) is 6.38. The van der Waals surface area contributed by atoms with Crippen LogP contribution in [0.4, 0.5) is 22.1 Å². The smallest absolute Gasteiger partial charge is 0.341 e. The molecule has 11 nitrogen and oxygen atoms in total. The molecule has 3 N–H and O–H groups in total. The lowest BCUT2D eigenvalue weighted by atomic mass is 10.1. The van der Waals surface area contributed by atoms with Crippen LogP contribution in [0.15, 0.2) is 83.8 Å². The number of amides is 3. The van der Waals surface area contributed by atoms with Crippen LogP contribution in [0, 0.1) is 17.0 Å². The van der Waals surface area contributed by atoms with Crippen molar-refractivity contribution in [2.45, 2.75) is 18.7 Å². The van der Waals surface area contributed by atoms with Gasteiger partial charge in [-0.2, -0.15) is 0 Å². The number of non-ortho nitro benzene ring substituents is 1. The molecule has 3 aromatic carbocycles. The number of hydrogen-bond acceptors (Lipinski definition) is 9. The van der Waals surface area contributed by atoms with Gasteiger partial charge in [0, 0.05) is 34.0 Å². The minimum absolute atomic E-state index is 0.0233. The molecule has 1 heterocycles. The van der Waals surface area contributed by atoms with Crippen molar-refractivity contribution in [1.29, 1.82) is 0 Å². The zero-order valence-electron chi connectivity index (χ0n) is 23.0. The minimum atomic E-state index is -0.644. The third-order valence-electron chi connectivity index (χ3n) is 5.92. The summed E-state index contributed by atoms with van der Waals surface area (Å²) in [4.78, 5) is 62.5. The number of nitrogens with zero attached hydrogens (tertiary/aromatic N) is 1. The largest absolute Gasteiger partial charge is 0.462 e. The van der Waals surface area contributed by atoms with Crippen LogP contribution in [0.5, 0.6) is 0 Å². The topological polar surface area (TPSA) is 157 Å². The summed E-state index contributed by atoms with van der Waals surface area (Å²) in [5.41, 5.74) is 1.72. The monoisotopic (exact) mass is 618 g/mol. The highest BCUT2D eigenvalue weighted by molar-refractivity contribution is 8.00. The Bertz CT molecular complexity index is 1670. The molecule has 0 fully saturated rings. The quantitative estimate of drug-likeness (QED) is 0.0757. The zero-order valence-corrected chi connectivity index (χ0v) is 24.7. The van der Waals surface area contributed by atoms with E-state index in [4.69, 9.17) is 4.74 Å². The molecule has 0 atom stereocenters. The molecule has 1 aromatic heterocycles. The minimum Gasteiger partial charge on any atom is -0.462 e. The Labute approximate surface area is 254 Å². The van der Waals surface area contributed by atoms with Crippen LogP contribution < -0.4 is 16.0 Å². The van der Waals surface area contributed by atoms with Gasteiger partial charge in [0.05, 0.1) is 27.7 Å². The van der Waals surface area contributed by atoms with Gasteiger partial charge in [0.25, 0.3) is 17.5 Å². The second-order valence-electron chi connectivity index (χ2n) is 8.92. The number of thioether (sulfide) groups is 1. The average molecular weight is 619 g/mol. The fourth-order valence-electron chi connectivity index (χ4n) is 3.89. The number of carbonyl (C=O) groups excluding carboxylic acids is 4. The molecule has 0 unspecified atom stereocenters.